The molecule has 40 heavy (non-hydrogen) atoms. The number of rotatable bonds is 11. The third-order valence-electron chi connectivity index (χ3n) is 5.79. The summed E-state index contributed by atoms with van der Waals surface area (Å²) in [4.78, 5) is 41.5. The molecule has 8 nitrogen and oxygen atoms in total. The largest absolute Gasteiger partial charge is 0.493 e. The number of ketones is 1. The van der Waals surface area contributed by atoms with Crippen molar-refractivity contribution in [3.8, 4) is 17.2 Å². The Hall–Kier alpha value is -4.41. The van der Waals surface area contributed by atoms with Crippen LogP contribution in [0.15, 0.2) is 66.9 Å². The second kappa shape index (κ2) is 13.1. The molecule has 1 heterocycles. The quantitative estimate of drug-likeness (QED) is 0.208. The highest BCUT2D eigenvalue weighted by molar-refractivity contribution is 5.99. The van der Waals surface area contributed by atoms with Gasteiger partial charge in [-0.2, -0.15) is 13.2 Å². The molecule has 0 bridgehead atoms. The van der Waals surface area contributed by atoms with E-state index in [9.17, 15) is 27.6 Å². The van der Waals surface area contributed by atoms with Crippen molar-refractivity contribution in [2.75, 3.05) is 7.11 Å². The summed E-state index contributed by atoms with van der Waals surface area (Å²) in [6.07, 6.45) is -5.24. The Balaban J connectivity index is 1.75. The van der Waals surface area contributed by atoms with Gasteiger partial charge in [0.25, 0.3) is 0 Å². The predicted octanol–water partition coefficient (Wildman–Crippen LogP) is 6.00. The Bertz CT molecular complexity index is 1330. The lowest BCUT2D eigenvalue weighted by molar-refractivity contribution is -0.157. The van der Waals surface area contributed by atoms with E-state index in [0.29, 0.717) is 5.56 Å². The standard InChI is InChI=1S/C29H28F3NO7/c1-17(16-23(35)25-27(39-19(3)34)24(37-4)14-15-33-25)28(36)38-18(2)26(20-8-6-5-7-9-20)40-22-12-10-21(11-13-22)29(30,31)32/h5-15,17-18,26H,16H2,1-4H3/t17-,18+,26+/m1/s1. The molecule has 0 amide bonds. The van der Waals surface area contributed by atoms with E-state index in [1.54, 1.807) is 37.3 Å². The average Bonchev–Trinajstić information content (AvgIpc) is 2.91. The summed E-state index contributed by atoms with van der Waals surface area (Å²) < 4.78 is 60.7. The van der Waals surface area contributed by atoms with Crippen LogP contribution in [0.2, 0.25) is 0 Å². The zero-order valence-corrected chi connectivity index (χ0v) is 22.2. The molecular weight excluding hydrogens is 531 g/mol. The topological polar surface area (TPSA) is 101 Å². The van der Waals surface area contributed by atoms with Gasteiger partial charge in [-0.25, -0.2) is 4.98 Å². The van der Waals surface area contributed by atoms with Gasteiger partial charge in [0.2, 0.25) is 5.75 Å². The monoisotopic (exact) mass is 559 g/mol. The van der Waals surface area contributed by atoms with Crippen LogP contribution in [0.1, 0.15) is 54.9 Å². The lowest BCUT2D eigenvalue weighted by Crippen LogP contribution is -2.30. The first-order chi connectivity index (χ1) is 18.9. The van der Waals surface area contributed by atoms with Crippen molar-refractivity contribution in [3.05, 3.63) is 83.7 Å². The first kappa shape index (κ1) is 30.1. The van der Waals surface area contributed by atoms with Gasteiger partial charge in [-0.15, -0.1) is 0 Å². The number of hydrogen-bond acceptors (Lipinski definition) is 8. The number of Topliss-reactive ketones (excluding diaryl/α,β-unsaturated/α-hetero) is 1. The van der Waals surface area contributed by atoms with Gasteiger partial charge in [-0.05, 0) is 36.8 Å². The van der Waals surface area contributed by atoms with Crippen molar-refractivity contribution in [2.45, 2.75) is 45.6 Å². The highest BCUT2D eigenvalue weighted by Crippen LogP contribution is 2.33. The first-order valence-corrected chi connectivity index (χ1v) is 12.2. The van der Waals surface area contributed by atoms with Crippen molar-refractivity contribution in [2.24, 2.45) is 5.92 Å². The third kappa shape index (κ3) is 7.81. The summed E-state index contributed by atoms with van der Waals surface area (Å²) in [5.41, 5.74) is -0.371. The molecule has 0 saturated heterocycles. The number of aromatic nitrogens is 1. The predicted molar refractivity (Wildman–Crippen MR) is 137 cm³/mol. The normalized spacial score (nSPS) is 13.5. The van der Waals surface area contributed by atoms with Gasteiger partial charge in [0.05, 0.1) is 18.6 Å². The molecule has 0 radical (unpaired) electrons. The van der Waals surface area contributed by atoms with Gasteiger partial charge in [-0.1, -0.05) is 37.3 Å². The van der Waals surface area contributed by atoms with Crippen LogP contribution < -0.4 is 14.2 Å². The van der Waals surface area contributed by atoms with Crippen LogP contribution in [-0.4, -0.2) is 35.9 Å². The Morgan fingerprint density at radius 2 is 1.60 bits per heavy atom. The average molecular weight is 560 g/mol. The van der Waals surface area contributed by atoms with Gasteiger partial charge in [0.15, 0.2) is 23.3 Å². The summed E-state index contributed by atoms with van der Waals surface area (Å²) in [5.74, 6) is -2.76. The number of carbonyl (C=O) groups excluding carboxylic acids is 3. The number of ether oxygens (including phenoxy) is 4. The number of esters is 2. The molecule has 3 aromatic rings. The molecule has 3 rings (SSSR count). The summed E-state index contributed by atoms with van der Waals surface area (Å²) in [6, 6.07) is 14.3. The van der Waals surface area contributed by atoms with Crippen LogP contribution in [0.5, 0.6) is 17.2 Å². The Labute approximate surface area is 229 Å². The summed E-state index contributed by atoms with van der Waals surface area (Å²) in [5, 5.41) is 0. The molecule has 0 saturated carbocycles. The fourth-order valence-corrected chi connectivity index (χ4v) is 3.80. The van der Waals surface area contributed by atoms with E-state index in [4.69, 9.17) is 18.9 Å². The van der Waals surface area contributed by atoms with Crippen molar-refractivity contribution in [1.82, 2.24) is 4.98 Å². The Kier molecular flexibility index (Phi) is 9.87. The summed E-state index contributed by atoms with van der Waals surface area (Å²) >= 11 is 0. The van der Waals surface area contributed by atoms with Gasteiger partial charge >= 0.3 is 18.1 Å². The molecular formula is C29H28F3NO7. The first-order valence-electron chi connectivity index (χ1n) is 12.2. The van der Waals surface area contributed by atoms with E-state index < -0.39 is 47.6 Å². The van der Waals surface area contributed by atoms with E-state index in [1.165, 1.54) is 38.4 Å². The van der Waals surface area contributed by atoms with E-state index >= 15 is 0 Å². The van der Waals surface area contributed by atoms with Crippen LogP contribution >= 0.6 is 0 Å². The summed E-state index contributed by atoms with van der Waals surface area (Å²) in [7, 11) is 1.34. The smallest absolute Gasteiger partial charge is 0.416 e. The lowest BCUT2D eigenvalue weighted by atomic mass is 10.0. The second-order valence-electron chi connectivity index (χ2n) is 8.93. The molecule has 0 unspecified atom stereocenters. The number of halogens is 3. The van der Waals surface area contributed by atoms with E-state index in [-0.39, 0.29) is 29.4 Å². The molecule has 3 atom stereocenters. The number of nitrogens with zero attached hydrogens (tertiary/aromatic N) is 1. The highest BCUT2D eigenvalue weighted by Gasteiger charge is 2.32. The van der Waals surface area contributed by atoms with Crippen LogP contribution in [0.3, 0.4) is 0 Å². The van der Waals surface area contributed by atoms with Gasteiger partial charge < -0.3 is 18.9 Å². The fourth-order valence-electron chi connectivity index (χ4n) is 3.80. The Morgan fingerprint density at radius 1 is 0.950 bits per heavy atom. The molecule has 0 aliphatic rings. The molecule has 0 aliphatic carbocycles. The molecule has 212 valence electrons. The Morgan fingerprint density at radius 3 is 2.17 bits per heavy atom. The zero-order chi connectivity index (χ0) is 29.4. The van der Waals surface area contributed by atoms with Crippen molar-refractivity contribution >= 4 is 17.7 Å². The molecule has 1 aromatic heterocycles. The minimum Gasteiger partial charge on any atom is -0.493 e. The number of alkyl halides is 3. The zero-order valence-electron chi connectivity index (χ0n) is 22.2. The molecule has 0 spiro atoms. The van der Waals surface area contributed by atoms with E-state index in [2.05, 4.69) is 4.98 Å². The number of hydrogen-bond donors (Lipinski definition) is 0. The van der Waals surface area contributed by atoms with Crippen LogP contribution in [0, 0.1) is 5.92 Å². The van der Waals surface area contributed by atoms with Crippen molar-refractivity contribution in [3.63, 3.8) is 0 Å². The van der Waals surface area contributed by atoms with E-state index in [0.717, 1.165) is 19.1 Å². The minimum atomic E-state index is -4.49. The number of benzene rings is 2. The van der Waals surface area contributed by atoms with Crippen LogP contribution in [-0.2, 0) is 20.5 Å². The van der Waals surface area contributed by atoms with Gasteiger partial charge in [0.1, 0.15) is 11.9 Å². The molecule has 11 heteroatoms. The minimum absolute atomic E-state index is 0.128. The summed E-state index contributed by atoms with van der Waals surface area (Å²) in [6.45, 7) is 4.24. The molecule has 2 aromatic carbocycles. The molecule has 0 aliphatic heterocycles. The maximum Gasteiger partial charge on any atom is 0.416 e. The number of carbonyl (C=O) groups is 3. The molecule has 0 N–H and O–H groups in total. The maximum atomic E-state index is 13.0. The van der Waals surface area contributed by atoms with Crippen molar-refractivity contribution < 1.29 is 46.5 Å². The van der Waals surface area contributed by atoms with Crippen LogP contribution in [0.25, 0.3) is 0 Å². The van der Waals surface area contributed by atoms with E-state index in [1.807, 2.05) is 0 Å². The maximum absolute atomic E-state index is 13.0. The third-order valence-corrected chi connectivity index (χ3v) is 5.79. The van der Waals surface area contributed by atoms with Gasteiger partial charge in [0, 0.05) is 25.6 Å². The lowest BCUT2D eigenvalue weighted by Gasteiger charge is -2.27. The second-order valence-corrected chi connectivity index (χ2v) is 8.93. The van der Waals surface area contributed by atoms with Crippen molar-refractivity contribution in [1.29, 1.82) is 0 Å². The molecule has 0 fully saturated rings. The fraction of sp³-hybridized carbons (Fsp3) is 0.310. The number of pyridine rings is 1. The van der Waals surface area contributed by atoms with Crippen LogP contribution in [0.4, 0.5) is 13.2 Å². The van der Waals surface area contributed by atoms with Gasteiger partial charge in [-0.3, -0.25) is 14.4 Å². The SMILES string of the molecule is COc1ccnc(C(=O)C[C@@H](C)C(=O)O[C@@H](C)[C@H](Oc2ccc(C(F)(F)F)cc2)c2ccccc2)c1OC(C)=O. The number of methoxy groups -OCH3 is 1. The highest BCUT2D eigenvalue weighted by atomic mass is 19.4.